The van der Waals surface area contributed by atoms with E-state index in [9.17, 15) is 8.78 Å². The zero-order valence-corrected chi connectivity index (χ0v) is 13.2. The van der Waals surface area contributed by atoms with Crippen molar-refractivity contribution in [3.05, 3.63) is 59.7 Å². The molecular formula is C17H19F2NS. The van der Waals surface area contributed by atoms with Crippen LogP contribution in [0.1, 0.15) is 26.3 Å². The summed E-state index contributed by atoms with van der Waals surface area (Å²) in [5.74, 6) is -0.656. The minimum atomic E-state index is -0.333. The third-order valence-corrected chi connectivity index (χ3v) is 3.98. The number of nitrogens with one attached hydrogen (secondary N) is 1. The van der Waals surface area contributed by atoms with Crippen molar-refractivity contribution in [1.29, 1.82) is 0 Å². The van der Waals surface area contributed by atoms with Crippen molar-refractivity contribution in [1.82, 2.24) is 5.32 Å². The van der Waals surface area contributed by atoms with E-state index >= 15 is 0 Å². The topological polar surface area (TPSA) is 12.0 Å². The largest absolute Gasteiger partial charge is 0.308 e. The molecule has 0 atom stereocenters. The molecule has 0 unspecified atom stereocenters. The van der Waals surface area contributed by atoms with Crippen LogP contribution in [0.2, 0.25) is 0 Å². The average Bonchev–Trinajstić information content (AvgIpc) is 2.41. The van der Waals surface area contributed by atoms with Crippen molar-refractivity contribution in [2.24, 2.45) is 0 Å². The Bertz CT molecular complexity index is 620. The van der Waals surface area contributed by atoms with Gasteiger partial charge in [0, 0.05) is 21.9 Å². The molecule has 0 spiro atoms. The van der Waals surface area contributed by atoms with E-state index in [1.807, 2.05) is 6.07 Å². The molecule has 1 nitrogen and oxygen atoms in total. The molecule has 2 rings (SSSR count). The molecule has 2 aromatic rings. The Kier molecular flexibility index (Phi) is 5.01. The average molecular weight is 307 g/mol. The second-order valence-corrected chi connectivity index (χ2v) is 6.98. The van der Waals surface area contributed by atoms with Gasteiger partial charge in [0.1, 0.15) is 11.6 Å². The molecule has 0 aromatic heterocycles. The molecule has 0 aliphatic heterocycles. The first-order valence-electron chi connectivity index (χ1n) is 6.81. The lowest BCUT2D eigenvalue weighted by Crippen LogP contribution is -2.35. The number of hydrogen-bond acceptors (Lipinski definition) is 2. The first-order chi connectivity index (χ1) is 9.85. The molecule has 0 fully saturated rings. The van der Waals surface area contributed by atoms with E-state index in [0.717, 1.165) is 17.3 Å². The maximum Gasteiger partial charge on any atom is 0.137 e. The van der Waals surface area contributed by atoms with Crippen LogP contribution in [0.25, 0.3) is 0 Å². The quantitative estimate of drug-likeness (QED) is 0.852. The summed E-state index contributed by atoms with van der Waals surface area (Å²) in [6.07, 6.45) is 0. The Morgan fingerprint density at radius 2 is 1.62 bits per heavy atom. The fourth-order valence-corrected chi connectivity index (χ4v) is 2.59. The SMILES string of the molecule is CC(C)(C)NCc1ccc(Sc2ccccc2F)c(F)c1. The zero-order valence-electron chi connectivity index (χ0n) is 12.4. The number of halogens is 2. The predicted molar refractivity (Wildman–Crippen MR) is 83.5 cm³/mol. The molecule has 0 aliphatic carbocycles. The molecular weight excluding hydrogens is 288 g/mol. The van der Waals surface area contributed by atoms with Crippen LogP contribution >= 0.6 is 11.8 Å². The predicted octanol–water partition coefficient (Wildman–Crippen LogP) is 5.00. The van der Waals surface area contributed by atoms with E-state index in [1.165, 1.54) is 12.1 Å². The molecule has 112 valence electrons. The first kappa shape index (κ1) is 16.0. The van der Waals surface area contributed by atoms with Crippen LogP contribution < -0.4 is 5.32 Å². The lowest BCUT2D eigenvalue weighted by molar-refractivity contribution is 0.423. The molecule has 0 saturated heterocycles. The normalized spacial score (nSPS) is 11.7. The van der Waals surface area contributed by atoms with Gasteiger partial charge in [0.25, 0.3) is 0 Å². The van der Waals surface area contributed by atoms with Gasteiger partial charge in [-0.2, -0.15) is 0 Å². The van der Waals surface area contributed by atoms with Gasteiger partial charge in [-0.25, -0.2) is 8.78 Å². The highest BCUT2D eigenvalue weighted by atomic mass is 32.2. The van der Waals surface area contributed by atoms with Crippen LogP contribution in [0.15, 0.2) is 52.3 Å². The smallest absolute Gasteiger partial charge is 0.137 e. The molecule has 0 amide bonds. The Balaban J connectivity index is 2.11. The van der Waals surface area contributed by atoms with Gasteiger partial charge in [0.15, 0.2) is 0 Å². The van der Waals surface area contributed by atoms with E-state index < -0.39 is 0 Å². The molecule has 0 saturated carbocycles. The van der Waals surface area contributed by atoms with Crippen LogP contribution in [-0.2, 0) is 6.54 Å². The van der Waals surface area contributed by atoms with Crippen molar-refractivity contribution in [3.8, 4) is 0 Å². The van der Waals surface area contributed by atoms with E-state index in [2.05, 4.69) is 26.1 Å². The second-order valence-electron chi connectivity index (χ2n) is 5.90. The lowest BCUT2D eigenvalue weighted by atomic mass is 10.1. The van der Waals surface area contributed by atoms with E-state index in [-0.39, 0.29) is 17.2 Å². The highest BCUT2D eigenvalue weighted by molar-refractivity contribution is 7.99. The van der Waals surface area contributed by atoms with Gasteiger partial charge in [-0.15, -0.1) is 0 Å². The summed E-state index contributed by atoms with van der Waals surface area (Å²) in [6, 6.07) is 11.5. The van der Waals surface area contributed by atoms with Gasteiger partial charge in [0.2, 0.25) is 0 Å². The third kappa shape index (κ3) is 4.83. The summed E-state index contributed by atoms with van der Waals surface area (Å²) in [5, 5.41) is 3.31. The summed E-state index contributed by atoms with van der Waals surface area (Å²) in [7, 11) is 0. The highest BCUT2D eigenvalue weighted by Crippen LogP contribution is 2.31. The number of hydrogen-bond donors (Lipinski definition) is 1. The maximum atomic E-state index is 14.1. The van der Waals surface area contributed by atoms with Gasteiger partial charge in [-0.1, -0.05) is 30.0 Å². The minimum absolute atomic E-state index is 0.0168. The lowest BCUT2D eigenvalue weighted by Gasteiger charge is -2.20. The van der Waals surface area contributed by atoms with Crippen LogP contribution in [0.4, 0.5) is 8.78 Å². The zero-order chi connectivity index (χ0) is 15.5. The fraction of sp³-hybridized carbons (Fsp3) is 0.294. The summed E-state index contributed by atoms with van der Waals surface area (Å²) in [4.78, 5) is 0.858. The Labute approximate surface area is 128 Å². The summed E-state index contributed by atoms with van der Waals surface area (Å²) >= 11 is 1.10. The van der Waals surface area contributed by atoms with Crippen molar-refractivity contribution < 1.29 is 8.78 Å². The van der Waals surface area contributed by atoms with Gasteiger partial charge in [-0.05, 0) is 50.6 Å². The molecule has 0 heterocycles. The number of benzene rings is 2. The van der Waals surface area contributed by atoms with E-state index in [1.54, 1.807) is 24.3 Å². The molecule has 1 N–H and O–H groups in total. The molecule has 4 heteroatoms. The Morgan fingerprint density at radius 1 is 0.952 bits per heavy atom. The molecule has 0 aliphatic rings. The van der Waals surface area contributed by atoms with Crippen molar-refractivity contribution in [3.63, 3.8) is 0 Å². The van der Waals surface area contributed by atoms with E-state index in [0.29, 0.717) is 16.3 Å². The van der Waals surface area contributed by atoms with Gasteiger partial charge in [0.05, 0.1) is 0 Å². The van der Waals surface area contributed by atoms with Gasteiger partial charge in [-0.3, -0.25) is 0 Å². The monoisotopic (exact) mass is 307 g/mol. The third-order valence-electron chi connectivity index (χ3n) is 2.88. The second kappa shape index (κ2) is 6.58. The molecule has 0 bridgehead atoms. The first-order valence-corrected chi connectivity index (χ1v) is 7.63. The molecule has 21 heavy (non-hydrogen) atoms. The van der Waals surface area contributed by atoms with Crippen molar-refractivity contribution in [2.75, 3.05) is 0 Å². The van der Waals surface area contributed by atoms with Crippen LogP contribution in [0, 0.1) is 11.6 Å². The van der Waals surface area contributed by atoms with Crippen LogP contribution in [-0.4, -0.2) is 5.54 Å². The van der Waals surface area contributed by atoms with Crippen molar-refractivity contribution in [2.45, 2.75) is 42.6 Å². The van der Waals surface area contributed by atoms with Gasteiger partial charge >= 0.3 is 0 Å². The summed E-state index contributed by atoms with van der Waals surface area (Å²) in [6.45, 7) is 6.79. The van der Waals surface area contributed by atoms with Crippen molar-refractivity contribution >= 4 is 11.8 Å². The molecule has 0 radical (unpaired) electrons. The van der Waals surface area contributed by atoms with Crippen LogP contribution in [0.5, 0.6) is 0 Å². The highest BCUT2D eigenvalue weighted by Gasteiger charge is 2.11. The minimum Gasteiger partial charge on any atom is -0.308 e. The Hall–Kier alpha value is -1.39. The number of rotatable bonds is 4. The summed E-state index contributed by atoms with van der Waals surface area (Å²) < 4.78 is 27.7. The Morgan fingerprint density at radius 3 is 2.24 bits per heavy atom. The van der Waals surface area contributed by atoms with Gasteiger partial charge < -0.3 is 5.32 Å². The fourth-order valence-electron chi connectivity index (χ4n) is 1.75. The molecule has 2 aromatic carbocycles. The van der Waals surface area contributed by atoms with Crippen LogP contribution in [0.3, 0.4) is 0 Å². The standard InChI is InChI=1S/C17H19F2NS/c1-17(2,3)20-11-12-8-9-16(14(19)10-12)21-15-7-5-4-6-13(15)18/h4-10,20H,11H2,1-3H3. The summed E-state index contributed by atoms with van der Waals surface area (Å²) in [5.41, 5.74) is 0.858. The van der Waals surface area contributed by atoms with E-state index in [4.69, 9.17) is 0 Å². The maximum absolute atomic E-state index is 14.1.